The first-order chi connectivity index (χ1) is 15.2. The maximum Gasteiger partial charge on any atom is 0.255 e. The van der Waals surface area contributed by atoms with Crippen LogP contribution in [0.2, 0.25) is 5.02 Å². The van der Waals surface area contributed by atoms with Gasteiger partial charge in [0.05, 0.1) is 26.5 Å². The summed E-state index contributed by atoms with van der Waals surface area (Å²) in [5.41, 5.74) is 1.96. The zero-order chi connectivity index (χ0) is 23.3. The number of rotatable bonds is 8. The second kappa shape index (κ2) is 10.1. The lowest BCUT2D eigenvalue weighted by Crippen LogP contribution is -2.28. The summed E-state index contributed by atoms with van der Waals surface area (Å²) in [7, 11) is -3.54. The number of sulfone groups is 1. The van der Waals surface area contributed by atoms with Gasteiger partial charge in [-0.2, -0.15) is 0 Å². The molecule has 0 aliphatic carbocycles. The molecule has 0 saturated carbocycles. The zero-order valence-electron chi connectivity index (χ0n) is 17.8. The number of aryl methyl sites for hydroxylation is 1. The number of hydrogen-bond acceptors (Lipinski definition) is 5. The van der Waals surface area contributed by atoms with Gasteiger partial charge in [-0.3, -0.25) is 4.79 Å². The third-order valence-electron chi connectivity index (χ3n) is 5.13. The van der Waals surface area contributed by atoms with Crippen LogP contribution in [-0.2, 0) is 9.84 Å². The van der Waals surface area contributed by atoms with E-state index in [0.717, 1.165) is 5.56 Å². The quantitative estimate of drug-likeness (QED) is 0.388. The van der Waals surface area contributed by atoms with Crippen LogP contribution in [0, 0.1) is 6.92 Å². The van der Waals surface area contributed by atoms with Crippen LogP contribution < -0.4 is 10.6 Å². The van der Waals surface area contributed by atoms with E-state index in [-0.39, 0.29) is 33.8 Å². The van der Waals surface area contributed by atoms with E-state index < -0.39 is 15.1 Å². The van der Waals surface area contributed by atoms with Crippen molar-refractivity contribution in [1.82, 2.24) is 0 Å². The number of phenolic OH excluding ortho intramolecular Hbond substituents is 1. The van der Waals surface area contributed by atoms with Crippen LogP contribution in [0.1, 0.15) is 29.3 Å². The van der Waals surface area contributed by atoms with E-state index in [1.807, 2.05) is 6.92 Å². The molecule has 32 heavy (non-hydrogen) atoms. The van der Waals surface area contributed by atoms with Crippen molar-refractivity contribution in [3.05, 3.63) is 82.9 Å². The first kappa shape index (κ1) is 23.6. The predicted molar refractivity (Wildman–Crippen MR) is 128 cm³/mol. The van der Waals surface area contributed by atoms with Crippen molar-refractivity contribution in [2.24, 2.45) is 0 Å². The number of nitrogens with one attached hydrogen (secondary N) is 2. The number of benzene rings is 3. The third-order valence-corrected chi connectivity index (χ3v) is 7.75. The van der Waals surface area contributed by atoms with Gasteiger partial charge in [0, 0.05) is 18.2 Å². The molecule has 0 bridgehead atoms. The minimum absolute atomic E-state index is 0.113. The Bertz CT molecular complexity index is 1200. The highest BCUT2D eigenvalue weighted by molar-refractivity contribution is 7.92. The fraction of sp³-hybridized carbons (Fsp3) is 0.208. The predicted octanol–water partition coefficient (Wildman–Crippen LogP) is 5.27. The number of anilines is 2. The lowest BCUT2D eigenvalue weighted by molar-refractivity contribution is 0.102. The molecule has 0 aliphatic rings. The first-order valence-electron chi connectivity index (χ1n) is 10.2. The molecule has 1 unspecified atom stereocenters. The van der Waals surface area contributed by atoms with Gasteiger partial charge >= 0.3 is 0 Å². The molecule has 1 atom stereocenters. The maximum absolute atomic E-state index is 13.0. The summed E-state index contributed by atoms with van der Waals surface area (Å²) in [6.45, 7) is 3.82. The van der Waals surface area contributed by atoms with Gasteiger partial charge in [0.1, 0.15) is 5.75 Å². The third kappa shape index (κ3) is 5.41. The minimum Gasteiger partial charge on any atom is -0.506 e. The molecule has 3 rings (SSSR count). The number of hydrogen-bond donors (Lipinski definition) is 3. The molecule has 3 N–H and O–H groups in total. The summed E-state index contributed by atoms with van der Waals surface area (Å²) in [4.78, 5) is 12.6. The largest absolute Gasteiger partial charge is 0.506 e. The monoisotopic (exact) mass is 472 g/mol. The molecule has 6 nitrogen and oxygen atoms in total. The molecule has 3 aromatic carbocycles. The van der Waals surface area contributed by atoms with Crippen LogP contribution in [0.15, 0.2) is 71.6 Å². The summed E-state index contributed by atoms with van der Waals surface area (Å²) in [5.74, 6) is -0.566. The van der Waals surface area contributed by atoms with Gasteiger partial charge in [0.15, 0.2) is 9.84 Å². The van der Waals surface area contributed by atoms with Gasteiger partial charge in [0.25, 0.3) is 5.91 Å². The van der Waals surface area contributed by atoms with Crippen LogP contribution in [0.5, 0.6) is 5.75 Å². The molecular formula is C24H25ClN2O4S. The van der Waals surface area contributed by atoms with Crippen LogP contribution in [-0.4, -0.2) is 31.2 Å². The van der Waals surface area contributed by atoms with Crippen LogP contribution in [0.3, 0.4) is 0 Å². The average molecular weight is 473 g/mol. The molecular weight excluding hydrogens is 448 g/mol. The van der Waals surface area contributed by atoms with Crippen LogP contribution in [0.4, 0.5) is 11.4 Å². The Labute approximate surface area is 193 Å². The number of carbonyl (C=O) groups is 1. The molecule has 8 heteroatoms. The molecule has 0 heterocycles. The van der Waals surface area contributed by atoms with Crippen molar-refractivity contribution < 1.29 is 18.3 Å². The van der Waals surface area contributed by atoms with Gasteiger partial charge in [0.2, 0.25) is 0 Å². The van der Waals surface area contributed by atoms with Crippen molar-refractivity contribution in [1.29, 1.82) is 0 Å². The fourth-order valence-electron chi connectivity index (χ4n) is 3.20. The SMILES string of the molecule is CCC(CNc1cc(O)c(NC(=O)c2ccccc2)cc1Cl)S(=O)(=O)c1ccc(C)cc1. The number of phenols is 1. The Kier molecular flexibility index (Phi) is 7.43. The van der Waals surface area contributed by atoms with Gasteiger partial charge in [-0.15, -0.1) is 0 Å². The molecule has 1 amide bonds. The lowest BCUT2D eigenvalue weighted by atomic mass is 10.2. The number of aromatic hydroxyl groups is 1. The van der Waals surface area contributed by atoms with Crippen molar-refractivity contribution in [3.63, 3.8) is 0 Å². The van der Waals surface area contributed by atoms with Crippen molar-refractivity contribution >= 4 is 38.7 Å². The van der Waals surface area contributed by atoms with Gasteiger partial charge < -0.3 is 15.7 Å². The number of halogens is 1. The molecule has 0 saturated heterocycles. The highest BCUT2D eigenvalue weighted by atomic mass is 35.5. The molecule has 0 aliphatic heterocycles. The highest BCUT2D eigenvalue weighted by Crippen LogP contribution is 2.34. The van der Waals surface area contributed by atoms with E-state index in [0.29, 0.717) is 17.7 Å². The molecule has 168 valence electrons. The Morgan fingerprint density at radius 1 is 1.03 bits per heavy atom. The summed E-state index contributed by atoms with van der Waals surface area (Å²) in [6.07, 6.45) is 0.401. The second-order valence-electron chi connectivity index (χ2n) is 7.44. The van der Waals surface area contributed by atoms with E-state index in [1.165, 1.54) is 12.1 Å². The fourth-order valence-corrected chi connectivity index (χ4v) is 5.07. The molecule has 0 radical (unpaired) electrons. The highest BCUT2D eigenvalue weighted by Gasteiger charge is 2.26. The standard InChI is InChI=1S/C24H25ClN2O4S/c1-3-18(32(30,31)19-11-9-16(2)10-12-19)15-26-21-14-23(28)22(13-20(21)25)27-24(29)17-7-5-4-6-8-17/h4-14,18,26,28H,3,15H2,1-2H3,(H,27,29). The number of carbonyl (C=O) groups excluding carboxylic acids is 1. The van der Waals surface area contributed by atoms with Gasteiger partial charge in [-0.05, 0) is 43.7 Å². The summed E-state index contributed by atoms with van der Waals surface area (Å²) in [5, 5.41) is 15.6. The maximum atomic E-state index is 13.0. The van der Waals surface area contributed by atoms with Crippen LogP contribution in [0.25, 0.3) is 0 Å². The Balaban J connectivity index is 1.74. The van der Waals surface area contributed by atoms with Crippen molar-refractivity contribution in [2.45, 2.75) is 30.4 Å². The van der Waals surface area contributed by atoms with Crippen molar-refractivity contribution in [3.8, 4) is 5.75 Å². The first-order valence-corrected chi connectivity index (χ1v) is 12.1. The van der Waals surface area contributed by atoms with Gasteiger partial charge in [-0.1, -0.05) is 54.4 Å². The number of amides is 1. The normalized spacial score (nSPS) is 12.2. The summed E-state index contributed by atoms with van der Waals surface area (Å²) >= 11 is 6.33. The van der Waals surface area contributed by atoms with Crippen LogP contribution >= 0.6 is 11.6 Å². The van der Waals surface area contributed by atoms with E-state index in [1.54, 1.807) is 61.5 Å². The molecule has 3 aromatic rings. The smallest absolute Gasteiger partial charge is 0.255 e. The Morgan fingerprint density at radius 3 is 2.31 bits per heavy atom. The molecule has 0 fully saturated rings. The Morgan fingerprint density at radius 2 is 1.69 bits per heavy atom. The van der Waals surface area contributed by atoms with E-state index in [4.69, 9.17) is 11.6 Å². The lowest BCUT2D eigenvalue weighted by Gasteiger charge is -2.19. The Hall–Kier alpha value is -3.03. The molecule has 0 spiro atoms. The van der Waals surface area contributed by atoms with E-state index in [2.05, 4.69) is 10.6 Å². The van der Waals surface area contributed by atoms with Crippen molar-refractivity contribution in [2.75, 3.05) is 17.2 Å². The summed E-state index contributed by atoms with van der Waals surface area (Å²) in [6, 6.07) is 18.1. The minimum atomic E-state index is -3.54. The average Bonchev–Trinajstić information content (AvgIpc) is 2.78. The van der Waals surface area contributed by atoms with E-state index in [9.17, 15) is 18.3 Å². The second-order valence-corrected chi connectivity index (χ2v) is 10.1. The van der Waals surface area contributed by atoms with Gasteiger partial charge in [-0.25, -0.2) is 8.42 Å². The topological polar surface area (TPSA) is 95.5 Å². The summed E-state index contributed by atoms with van der Waals surface area (Å²) < 4.78 is 26.0. The molecule has 0 aromatic heterocycles. The zero-order valence-corrected chi connectivity index (χ0v) is 19.4. The van der Waals surface area contributed by atoms with E-state index >= 15 is 0 Å².